The van der Waals surface area contributed by atoms with Crippen molar-refractivity contribution < 1.29 is 13.2 Å². The van der Waals surface area contributed by atoms with Gasteiger partial charge in [-0.25, -0.2) is 13.2 Å². The van der Waals surface area contributed by atoms with Gasteiger partial charge in [0.15, 0.2) is 11.6 Å². The minimum atomic E-state index is -1.20. The molecule has 0 heterocycles. The highest BCUT2D eigenvalue weighted by molar-refractivity contribution is 6.33. The molecule has 18 heavy (non-hydrogen) atoms. The predicted molar refractivity (Wildman–Crippen MR) is 65.1 cm³/mol. The lowest BCUT2D eigenvalue weighted by atomic mass is 10.2. The maximum Gasteiger partial charge on any atom is 0.161 e. The Labute approximate surface area is 107 Å². The Morgan fingerprint density at radius 3 is 2.33 bits per heavy atom. The Bertz CT molecular complexity index is 572. The van der Waals surface area contributed by atoms with E-state index in [9.17, 15) is 13.2 Å². The largest absolute Gasteiger partial charge is 0.380 e. The topological polar surface area (TPSA) is 12.0 Å². The first-order valence-corrected chi connectivity index (χ1v) is 5.57. The second-order valence-corrected chi connectivity index (χ2v) is 4.10. The molecule has 0 aromatic heterocycles. The van der Waals surface area contributed by atoms with Gasteiger partial charge in [-0.2, -0.15) is 0 Å². The van der Waals surface area contributed by atoms with Gasteiger partial charge in [0.05, 0.1) is 10.7 Å². The lowest BCUT2D eigenvalue weighted by molar-refractivity contribution is 0.490. The van der Waals surface area contributed by atoms with Gasteiger partial charge in [0, 0.05) is 18.2 Å². The molecule has 2 aromatic rings. The van der Waals surface area contributed by atoms with Crippen molar-refractivity contribution in [3.63, 3.8) is 0 Å². The van der Waals surface area contributed by atoms with Crippen LogP contribution >= 0.6 is 11.6 Å². The van der Waals surface area contributed by atoms with Crippen molar-refractivity contribution in [1.82, 2.24) is 0 Å². The molecule has 0 amide bonds. The first-order chi connectivity index (χ1) is 8.58. The van der Waals surface area contributed by atoms with E-state index in [4.69, 9.17) is 11.6 Å². The summed E-state index contributed by atoms with van der Waals surface area (Å²) in [5.74, 6) is -3.07. The van der Waals surface area contributed by atoms with Crippen molar-refractivity contribution in [3.05, 3.63) is 64.4 Å². The van der Waals surface area contributed by atoms with E-state index in [0.717, 1.165) is 6.07 Å². The van der Waals surface area contributed by atoms with E-state index in [0.29, 0.717) is 16.8 Å². The molecular weight excluding hydrogens is 263 g/mol. The summed E-state index contributed by atoms with van der Waals surface area (Å²) in [6.45, 7) is 0.0206. The number of benzene rings is 2. The second-order valence-electron chi connectivity index (χ2n) is 3.69. The minimum absolute atomic E-state index is 0.0206. The maximum absolute atomic E-state index is 13.4. The molecule has 0 aliphatic rings. The molecule has 0 radical (unpaired) electrons. The number of anilines is 1. The summed E-state index contributed by atoms with van der Waals surface area (Å²) in [6.07, 6.45) is 0. The molecule has 0 aliphatic heterocycles. The summed E-state index contributed by atoms with van der Waals surface area (Å²) in [5.41, 5.74) is 0.636. The van der Waals surface area contributed by atoms with Gasteiger partial charge in [-0.15, -0.1) is 0 Å². The monoisotopic (exact) mass is 271 g/mol. The molecule has 1 N–H and O–H groups in total. The molecule has 0 unspecified atom stereocenters. The van der Waals surface area contributed by atoms with Crippen LogP contribution < -0.4 is 5.32 Å². The number of halogens is 4. The van der Waals surface area contributed by atoms with E-state index >= 15 is 0 Å². The first kappa shape index (κ1) is 12.8. The molecule has 2 rings (SSSR count). The molecule has 5 heteroatoms. The Morgan fingerprint density at radius 1 is 0.944 bits per heavy atom. The van der Waals surface area contributed by atoms with Crippen LogP contribution in [0.2, 0.25) is 5.02 Å². The fraction of sp³-hybridized carbons (Fsp3) is 0.0769. The van der Waals surface area contributed by atoms with Crippen LogP contribution in [0, 0.1) is 17.5 Å². The van der Waals surface area contributed by atoms with Crippen LogP contribution in [-0.4, -0.2) is 0 Å². The summed E-state index contributed by atoms with van der Waals surface area (Å²) < 4.78 is 39.1. The van der Waals surface area contributed by atoms with Gasteiger partial charge in [0.25, 0.3) is 0 Å². The standard InChI is InChI=1S/C13H9ClF3N/c14-9-3-1-2-4-13(9)18-7-8-5-11(16)12(17)6-10(8)15/h1-6,18H,7H2. The number of hydrogen-bond donors (Lipinski definition) is 1. The fourth-order valence-electron chi connectivity index (χ4n) is 1.49. The zero-order chi connectivity index (χ0) is 13.1. The Kier molecular flexibility index (Phi) is 3.77. The average molecular weight is 272 g/mol. The predicted octanol–water partition coefficient (Wildman–Crippen LogP) is 4.37. The molecule has 0 saturated heterocycles. The SMILES string of the molecule is Fc1cc(F)c(CNc2ccccc2Cl)cc1F. The van der Waals surface area contributed by atoms with E-state index in [-0.39, 0.29) is 12.1 Å². The summed E-state index contributed by atoms with van der Waals surface area (Å²) in [6, 6.07) is 8.25. The van der Waals surface area contributed by atoms with Gasteiger partial charge in [-0.3, -0.25) is 0 Å². The van der Waals surface area contributed by atoms with Crippen LogP contribution in [0.1, 0.15) is 5.56 Å². The quantitative estimate of drug-likeness (QED) is 0.818. The number of para-hydroxylation sites is 1. The van der Waals surface area contributed by atoms with Gasteiger partial charge < -0.3 is 5.32 Å². The van der Waals surface area contributed by atoms with Crippen LogP contribution in [0.15, 0.2) is 36.4 Å². The normalized spacial score (nSPS) is 10.4. The molecule has 0 aliphatic carbocycles. The van der Waals surface area contributed by atoms with Gasteiger partial charge in [0.1, 0.15) is 5.82 Å². The first-order valence-electron chi connectivity index (χ1n) is 5.20. The Morgan fingerprint density at radius 2 is 1.61 bits per heavy atom. The summed E-state index contributed by atoms with van der Waals surface area (Å²) >= 11 is 5.90. The van der Waals surface area contributed by atoms with E-state index in [2.05, 4.69) is 5.32 Å². The third-order valence-corrected chi connectivity index (χ3v) is 2.76. The molecule has 0 atom stereocenters. The summed E-state index contributed by atoms with van der Waals surface area (Å²) in [5, 5.41) is 3.33. The van der Waals surface area contributed by atoms with E-state index in [1.807, 2.05) is 0 Å². The van der Waals surface area contributed by atoms with E-state index in [1.54, 1.807) is 24.3 Å². The van der Waals surface area contributed by atoms with Crippen LogP contribution in [-0.2, 0) is 6.54 Å². The molecule has 0 spiro atoms. The highest BCUT2D eigenvalue weighted by Crippen LogP contribution is 2.22. The van der Waals surface area contributed by atoms with E-state index < -0.39 is 17.5 Å². The molecule has 0 bridgehead atoms. The smallest absolute Gasteiger partial charge is 0.161 e. The molecule has 0 saturated carbocycles. The van der Waals surface area contributed by atoms with Crippen LogP contribution in [0.5, 0.6) is 0 Å². The van der Waals surface area contributed by atoms with E-state index in [1.165, 1.54) is 0 Å². The minimum Gasteiger partial charge on any atom is -0.380 e. The van der Waals surface area contributed by atoms with Crippen molar-refractivity contribution in [2.24, 2.45) is 0 Å². The molecular formula is C13H9ClF3N. The second kappa shape index (κ2) is 5.31. The third-order valence-electron chi connectivity index (χ3n) is 2.43. The van der Waals surface area contributed by atoms with Gasteiger partial charge in [-0.1, -0.05) is 23.7 Å². The fourth-order valence-corrected chi connectivity index (χ4v) is 1.70. The Hall–Kier alpha value is -1.68. The van der Waals surface area contributed by atoms with Crippen LogP contribution in [0.3, 0.4) is 0 Å². The van der Waals surface area contributed by atoms with Crippen molar-refractivity contribution in [1.29, 1.82) is 0 Å². The van der Waals surface area contributed by atoms with Gasteiger partial charge >= 0.3 is 0 Å². The Balaban J connectivity index is 2.16. The lowest BCUT2D eigenvalue weighted by Gasteiger charge is -2.09. The summed E-state index contributed by atoms with van der Waals surface area (Å²) in [4.78, 5) is 0. The van der Waals surface area contributed by atoms with Crippen molar-refractivity contribution in [2.75, 3.05) is 5.32 Å². The highest BCUT2D eigenvalue weighted by atomic mass is 35.5. The third kappa shape index (κ3) is 2.76. The van der Waals surface area contributed by atoms with Gasteiger partial charge in [0.2, 0.25) is 0 Å². The highest BCUT2D eigenvalue weighted by Gasteiger charge is 2.09. The number of hydrogen-bond acceptors (Lipinski definition) is 1. The molecule has 2 aromatic carbocycles. The number of rotatable bonds is 3. The zero-order valence-corrected chi connectivity index (χ0v) is 9.94. The van der Waals surface area contributed by atoms with Crippen molar-refractivity contribution >= 4 is 17.3 Å². The van der Waals surface area contributed by atoms with Gasteiger partial charge in [-0.05, 0) is 18.2 Å². The van der Waals surface area contributed by atoms with Crippen LogP contribution in [0.25, 0.3) is 0 Å². The molecule has 0 fully saturated rings. The van der Waals surface area contributed by atoms with Crippen molar-refractivity contribution in [3.8, 4) is 0 Å². The van der Waals surface area contributed by atoms with Crippen LogP contribution in [0.4, 0.5) is 18.9 Å². The summed E-state index contributed by atoms with van der Waals surface area (Å²) in [7, 11) is 0. The maximum atomic E-state index is 13.4. The zero-order valence-electron chi connectivity index (χ0n) is 9.18. The molecule has 94 valence electrons. The number of nitrogens with one attached hydrogen (secondary N) is 1. The molecule has 1 nitrogen and oxygen atoms in total. The van der Waals surface area contributed by atoms with Crippen molar-refractivity contribution in [2.45, 2.75) is 6.54 Å². The average Bonchev–Trinajstić information content (AvgIpc) is 2.34. The lowest BCUT2D eigenvalue weighted by Crippen LogP contribution is -2.04.